The quantitative estimate of drug-likeness (QED) is 0.467. The minimum Gasteiger partial charge on any atom is -0.367 e. The molecule has 3 rings (SSSR count). The van der Waals surface area contributed by atoms with Crippen LogP contribution in [0.15, 0.2) is 60.3 Å². The highest BCUT2D eigenvalue weighted by molar-refractivity contribution is 7.90. The van der Waals surface area contributed by atoms with Crippen LogP contribution < -0.4 is 14.8 Å². The Bertz CT molecular complexity index is 1300. The van der Waals surface area contributed by atoms with Gasteiger partial charge in [0.1, 0.15) is 11.6 Å². The van der Waals surface area contributed by atoms with Crippen LogP contribution in [0.3, 0.4) is 0 Å². The molecule has 0 bridgehead atoms. The molecule has 0 aliphatic rings. The van der Waals surface area contributed by atoms with E-state index >= 15 is 0 Å². The van der Waals surface area contributed by atoms with E-state index in [4.69, 9.17) is 5.14 Å². The van der Waals surface area contributed by atoms with Gasteiger partial charge in [0, 0.05) is 30.9 Å². The van der Waals surface area contributed by atoms with Gasteiger partial charge < -0.3 is 5.32 Å². The van der Waals surface area contributed by atoms with Crippen molar-refractivity contribution in [3.8, 4) is 22.3 Å². The number of hydrogen-bond donors (Lipinski definition) is 2. The van der Waals surface area contributed by atoms with E-state index in [0.29, 0.717) is 5.56 Å². The molecule has 0 unspecified atom stereocenters. The first-order chi connectivity index (χ1) is 15.5. The van der Waals surface area contributed by atoms with Gasteiger partial charge in [-0.1, -0.05) is 23.8 Å². The summed E-state index contributed by atoms with van der Waals surface area (Å²) in [6.07, 6.45) is 3.92. The molecule has 0 amide bonds. The van der Waals surface area contributed by atoms with Gasteiger partial charge in [-0.05, 0) is 80.3 Å². The number of rotatable bonds is 7. The molecule has 0 aliphatic heterocycles. The van der Waals surface area contributed by atoms with Crippen molar-refractivity contribution in [3.05, 3.63) is 77.3 Å². The van der Waals surface area contributed by atoms with Crippen LogP contribution in [0.4, 0.5) is 15.9 Å². The molecule has 6 nitrogen and oxygen atoms in total. The fraction of sp³-hybridized carbons (Fsp3) is 0.240. The number of hydrogen-bond acceptors (Lipinski definition) is 4. The van der Waals surface area contributed by atoms with Crippen LogP contribution >= 0.6 is 0 Å². The molecule has 3 aromatic rings. The standard InChI is InChI=1S/C25H29FN4O2S/c1-16(2)10-11-28-25-9-6-19(15-29-25)22-12-18(4)23(13-17(22)3)21-8-7-20(14-24(21)26)30(5)33(27,31)32/h6-10,12-15H,11H2,1-5H3,(H,28,29)(H2,27,31,32). The Kier molecular flexibility index (Phi) is 7.19. The highest BCUT2D eigenvalue weighted by Crippen LogP contribution is 2.34. The maximum absolute atomic E-state index is 14.9. The van der Waals surface area contributed by atoms with Crippen LogP contribution in [-0.2, 0) is 10.2 Å². The van der Waals surface area contributed by atoms with Gasteiger partial charge in [-0.25, -0.2) is 14.5 Å². The molecule has 0 atom stereocenters. The molecule has 0 radical (unpaired) electrons. The summed E-state index contributed by atoms with van der Waals surface area (Å²) in [5.41, 5.74) is 6.41. The molecule has 33 heavy (non-hydrogen) atoms. The Hall–Kier alpha value is -3.23. The predicted molar refractivity (Wildman–Crippen MR) is 134 cm³/mol. The summed E-state index contributed by atoms with van der Waals surface area (Å²) in [6, 6.07) is 12.2. The summed E-state index contributed by atoms with van der Waals surface area (Å²) in [5.74, 6) is 0.278. The number of nitrogens with zero attached hydrogens (tertiary/aromatic N) is 2. The average molecular weight is 469 g/mol. The topological polar surface area (TPSA) is 88.3 Å². The second kappa shape index (κ2) is 9.72. The summed E-state index contributed by atoms with van der Waals surface area (Å²) in [5, 5.41) is 8.40. The van der Waals surface area contributed by atoms with Gasteiger partial charge in [0.05, 0.1) is 5.69 Å². The highest BCUT2D eigenvalue weighted by atomic mass is 32.2. The minimum atomic E-state index is -3.96. The van der Waals surface area contributed by atoms with E-state index in [-0.39, 0.29) is 5.69 Å². The molecule has 174 valence electrons. The number of pyridine rings is 1. The second-order valence-corrected chi connectivity index (χ2v) is 9.83. The monoisotopic (exact) mass is 468 g/mol. The van der Waals surface area contributed by atoms with Gasteiger partial charge in [0.25, 0.3) is 10.2 Å². The maximum atomic E-state index is 14.9. The average Bonchev–Trinajstić information content (AvgIpc) is 2.74. The van der Waals surface area contributed by atoms with Gasteiger partial charge in [-0.2, -0.15) is 8.42 Å². The lowest BCUT2D eigenvalue weighted by Crippen LogP contribution is -2.33. The highest BCUT2D eigenvalue weighted by Gasteiger charge is 2.17. The van der Waals surface area contributed by atoms with Crippen molar-refractivity contribution in [1.29, 1.82) is 0 Å². The third-order valence-corrected chi connectivity index (χ3v) is 6.40. The van der Waals surface area contributed by atoms with Gasteiger partial charge in [-0.3, -0.25) is 4.31 Å². The minimum absolute atomic E-state index is 0.161. The molecule has 0 aliphatic carbocycles. The Morgan fingerprint density at radius 1 is 1.06 bits per heavy atom. The van der Waals surface area contributed by atoms with Gasteiger partial charge in [0.2, 0.25) is 0 Å². The Balaban J connectivity index is 1.90. The van der Waals surface area contributed by atoms with E-state index in [1.165, 1.54) is 24.8 Å². The summed E-state index contributed by atoms with van der Waals surface area (Å²) in [7, 11) is -2.68. The Labute approximate surface area is 195 Å². The van der Waals surface area contributed by atoms with Crippen molar-refractivity contribution in [2.75, 3.05) is 23.2 Å². The van der Waals surface area contributed by atoms with Crippen molar-refractivity contribution in [1.82, 2.24) is 4.98 Å². The molecule has 1 heterocycles. The normalized spacial score (nSPS) is 11.2. The number of aromatic nitrogens is 1. The SMILES string of the molecule is CC(C)=CCNc1ccc(-c2cc(C)c(-c3ccc(N(C)S(N)(=O)=O)cc3F)cc2C)cn1. The zero-order valence-electron chi connectivity index (χ0n) is 19.5. The molecule has 3 N–H and O–H groups in total. The maximum Gasteiger partial charge on any atom is 0.298 e. The molecule has 0 saturated heterocycles. The number of halogens is 1. The zero-order valence-corrected chi connectivity index (χ0v) is 20.3. The Morgan fingerprint density at radius 3 is 2.30 bits per heavy atom. The van der Waals surface area contributed by atoms with Crippen molar-refractivity contribution in [3.63, 3.8) is 0 Å². The first kappa shape index (κ1) is 24.4. The van der Waals surface area contributed by atoms with Crippen LogP contribution in [0.25, 0.3) is 22.3 Å². The smallest absolute Gasteiger partial charge is 0.298 e. The molecular weight excluding hydrogens is 439 g/mol. The van der Waals surface area contributed by atoms with E-state index in [1.54, 1.807) is 6.07 Å². The lowest BCUT2D eigenvalue weighted by atomic mass is 9.92. The Morgan fingerprint density at radius 2 is 1.73 bits per heavy atom. The summed E-state index contributed by atoms with van der Waals surface area (Å²) in [4.78, 5) is 4.50. The molecule has 2 aromatic carbocycles. The summed E-state index contributed by atoms with van der Waals surface area (Å²) < 4.78 is 38.8. The molecular formula is C25H29FN4O2S. The van der Waals surface area contributed by atoms with E-state index in [9.17, 15) is 12.8 Å². The van der Waals surface area contributed by atoms with Crippen LogP contribution in [0.1, 0.15) is 25.0 Å². The van der Waals surface area contributed by atoms with Crippen molar-refractivity contribution >= 4 is 21.7 Å². The van der Waals surface area contributed by atoms with Crippen LogP contribution in [-0.4, -0.2) is 27.0 Å². The number of nitrogens with one attached hydrogen (secondary N) is 1. The lowest BCUT2D eigenvalue weighted by Gasteiger charge is -2.18. The molecule has 0 spiro atoms. The van der Waals surface area contributed by atoms with Crippen molar-refractivity contribution in [2.45, 2.75) is 27.7 Å². The fourth-order valence-corrected chi connectivity index (χ4v) is 3.91. The number of nitrogens with two attached hydrogens (primary N) is 1. The van der Waals surface area contributed by atoms with Gasteiger partial charge in [-0.15, -0.1) is 0 Å². The van der Waals surface area contributed by atoms with Crippen LogP contribution in [0, 0.1) is 19.7 Å². The van der Waals surface area contributed by atoms with Gasteiger partial charge in [0.15, 0.2) is 0 Å². The van der Waals surface area contributed by atoms with E-state index in [1.807, 2.05) is 44.3 Å². The number of anilines is 2. The second-order valence-electron chi connectivity index (χ2n) is 8.25. The van der Waals surface area contributed by atoms with E-state index < -0.39 is 16.0 Å². The first-order valence-electron chi connectivity index (χ1n) is 10.5. The van der Waals surface area contributed by atoms with Crippen molar-refractivity contribution < 1.29 is 12.8 Å². The third-order valence-electron chi connectivity index (χ3n) is 5.43. The number of allylic oxidation sites excluding steroid dienone is 1. The summed E-state index contributed by atoms with van der Waals surface area (Å²) in [6.45, 7) is 8.72. The number of aryl methyl sites for hydroxylation is 2. The summed E-state index contributed by atoms with van der Waals surface area (Å²) >= 11 is 0. The molecule has 0 saturated carbocycles. The molecule has 8 heteroatoms. The van der Waals surface area contributed by atoms with Crippen LogP contribution in [0.2, 0.25) is 0 Å². The molecule has 0 fully saturated rings. The predicted octanol–water partition coefficient (Wildman–Crippen LogP) is 5.19. The van der Waals surface area contributed by atoms with Crippen molar-refractivity contribution in [2.24, 2.45) is 5.14 Å². The van der Waals surface area contributed by atoms with E-state index in [0.717, 1.165) is 44.5 Å². The lowest BCUT2D eigenvalue weighted by molar-refractivity contribution is 0.595. The molecule has 1 aromatic heterocycles. The fourth-order valence-electron chi connectivity index (χ4n) is 3.50. The zero-order chi connectivity index (χ0) is 24.3. The van der Waals surface area contributed by atoms with Gasteiger partial charge >= 0.3 is 0 Å². The van der Waals surface area contributed by atoms with Crippen LogP contribution in [0.5, 0.6) is 0 Å². The number of benzene rings is 2. The van der Waals surface area contributed by atoms with E-state index in [2.05, 4.69) is 30.2 Å². The largest absolute Gasteiger partial charge is 0.367 e. The first-order valence-corrected chi connectivity index (χ1v) is 12.0. The third kappa shape index (κ3) is 5.77.